The number of benzene rings is 2. The van der Waals surface area contributed by atoms with E-state index in [-0.39, 0.29) is 11.5 Å². The molecule has 1 aliphatic rings. The van der Waals surface area contributed by atoms with Gasteiger partial charge in [-0.25, -0.2) is 4.79 Å². The lowest BCUT2D eigenvalue weighted by molar-refractivity contribution is -0.137. The first-order valence-corrected chi connectivity index (χ1v) is 8.95. The van der Waals surface area contributed by atoms with Crippen LogP contribution in [0.3, 0.4) is 0 Å². The zero-order valence-electron chi connectivity index (χ0n) is 14.8. The Balaban J connectivity index is 0.000000321. The third kappa shape index (κ3) is 4.66. The van der Waals surface area contributed by atoms with Crippen molar-refractivity contribution in [1.29, 1.82) is 5.26 Å². The average molecular weight is 378 g/mol. The minimum absolute atomic E-state index is 0.00481. The van der Waals surface area contributed by atoms with E-state index in [1.165, 1.54) is 0 Å². The van der Waals surface area contributed by atoms with Gasteiger partial charge in [0.25, 0.3) is 5.91 Å². The zero-order chi connectivity index (χ0) is 19.8. The molecule has 0 aliphatic carbocycles. The van der Waals surface area contributed by atoms with Gasteiger partial charge in [0, 0.05) is 21.4 Å². The maximum atomic E-state index is 11.6. The SMILES string of the molecule is C=CC(=O)OCC.N#CC(C(N)=O)=C1c2ccccc2Sc2ccccc21. The van der Waals surface area contributed by atoms with E-state index in [1.54, 1.807) is 18.7 Å². The van der Waals surface area contributed by atoms with E-state index in [9.17, 15) is 14.9 Å². The molecule has 1 aliphatic heterocycles. The number of nitrogens with zero attached hydrogens (tertiary/aromatic N) is 1. The van der Waals surface area contributed by atoms with Crippen molar-refractivity contribution in [2.45, 2.75) is 16.7 Å². The van der Waals surface area contributed by atoms with E-state index in [1.807, 2.05) is 54.6 Å². The first-order chi connectivity index (χ1) is 13.0. The minimum atomic E-state index is -0.695. The molecule has 0 aromatic heterocycles. The molecule has 6 heteroatoms. The predicted octanol–water partition coefficient (Wildman–Crippen LogP) is 3.70. The van der Waals surface area contributed by atoms with Crippen molar-refractivity contribution >= 4 is 29.2 Å². The molecule has 0 atom stereocenters. The molecule has 0 spiro atoms. The number of nitriles is 1. The lowest BCUT2D eigenvalue weighted by Crippen LogP contribution is -2.16. The molecule has 136 valence electrons. The minimum Gasteiger partial charge on any atom is -0.463 e. The maximum absolute atomic E-state index is 11.6. The highest BCUT2D eigenvalue weighted by atomic mass is 32.2. The fourth-order valence-electron chi connectivity index (χ4n) is 2.49. The summed E-state index contributed by atoms with van der Waals surface area (Å²) in [5.41, 5.74) is 7.76. The van der Waals surface area contributed by atoms with Crippen molar-refractivity contribution in [1.82, 2.24) is 0 Å². The Hall–Kier alpha value is -3.30. The summed E-state index contributed by atoms with van der Waals surface area (Å²) in [5, 5.41) is 9.28. The van der Waals surface area contributed by atoms with Crippen molar-refractivity contribution in [2.75, 3.05) is 6.61 Å². The number of carbonyl (C=O) groups excluding carboxylic acids is 2. The van der Waals surface area contributed by atoms with Crippen molar-refractivity contribution in [2.24, 2.45) is 5.73 Å². The molecule has 27 heavy (non-hydrogen) atoms. The maximum Gasteiger partial charge on any atom is 0.330 e. The number of carbonyl (C=O) groups is 2. The highest BCUT2D eigenvalue weighted by Gasteiger charge is 2.25. The van der Waals surface area contributed by atoms with Gasteiger partial charge in [0.05, 0.1) is 6.61 Å². The van der Waals surface area contributed by atoms with Gasteiger partial charge >= 0.3 is 5.97 Å². The molecule has 2 N–H and O–H groups in total. The molecule has 0 radical (unpaired) electrons. The van der Waals surface area contributed by atoms with Crippen LogP contribution >= 0.6 is 11.8 Å². The fraction of sp³-hybridized carbons (Fsp3) is 0.0952. The average Bonchev–Trinajstić information content (AvgIpc) is 2.68. The van der Waals surface area contributed by atoms with E-state index < -0.39 is 5.91 Å². The molecule has 2 aromatic rings. The van der Waals surface area contributed by atoms with Crippen LogP contribution in [0.25, 0.3) is 5.57 Å². The number of primary amides is 1. The molecular weight excluding hydrogens is 360 g/mol. The Morgan fingerprint density at radius 1 is 1.15 bits per heavy atom. The summed E-state index contributed by atoms with van der Waals surface area (Å²) >= 11 is 1.63. The van der Waals surface area contributed by atoms with Gasteiger partial charge in [-0.3, -0.25) is 4.79 Å². The second-order valence-corrected chi connectivity index (χ2v) is 6.36. The Morgan fingerprint density at radius 3 is 2.04 bits per heavy atom. The number of rotatable bonds is 3. The van der Waals surface area contributed by atoms with E-state index >= 15 is 0 Å². The lowest BCUT2D eigenvalue weighted by Gasteiger charge is -2.22. The van der Waals surface area contributed by atoms with E-state index in [2.05, 4.69) is 11.3 Å². The second kappa shape index (κ2) is 9.41. The van der Waals surface area contributed by atoms with Gasteiger partial charge in [0.2, 0.25) is 0 Å². The number of esters is 1. The monoisotopic (exact) mass is 378 g/mol. The third-order valence-electron chi connectivity index (χ3n) is 3.59. The molecule has 0 saturated carbocycles. The van der Waals surface area contributed by atoms with E-state index in [4.69, 9.17) is 5.73 Å². The summed E-state index contributed by atoms with van der Waals surface area (Å²) in [6.45, 7) is 5.38. The molecule has 3 rings (SSSR count). The van der Waals surface area contributed by atoms with Gasteiger partial charge in [-0.05, 0) is 30.2 Å². The number of ether oxygens (including phenoxy) is 1. The molecule has 0 fully saturated rings. The Morgan fingerprint density at radius 2 is 1.67 bits per heavy atom. The molecule has 1 heterocycles. The normalized spacial score (nSPS) is 10.9. The highest BCUT2D eigenvalue weighted by Crippen LogP contribution is 2.46. The Bertz CT molecular complexity index is 910. The van der Waals surface area contributed by atoms with Crippen molar-refractivity contribution in [3.8, 4) is 6.07 Å². The van der Waals surface area contributed by atoms with Crippen LogP contribution in [-0.2, 0) is 14.3 Å². The van der Waals surface area contributed by atoms with Crippen LogP contribution in [0.15, 0.2) is 76.5 Å². The molecule has 0 bridgehead atoms. The molecule has 1 amide bonds. The van der Waals surface area contributed by atoms with E-state index in [0.717, 1.165) is 27.0 Å². The fourth-order valence-corrected chi connectivity index (χ4v) is 3.58. The topological polar surface area (TPSA) is 93.2 Å². The summed E-state index contributed by atoms with van der Waals surface area (Å²) in [4.78, 5) is 23.7. The summed E-state index contributed by atoms with van der Waals surface area (Å²) in [7, 11) is 0. The third-order valence-corrected chi connectivity index (χ3v) is 4.75. The quantitative estimate of drug-likeness (QED) is 0.426. The molecular formula is C21H18N2O3S. The summed E-state index contributed by atoms with van der Waals surface area (Å²) in [6.07, 6.45) is 1.14. The Kier molecular flexibility index (Phi) is 6.98. The van der Waals surface area contributed by atoms with Crippen LogP contribution in [0.5, 0.6) is 0 Å². The first-order valence-electron chi connectivity index (χ1n) is 8.13. The highest BCUT2D eigenvalue weighted by molar-refractivity contribution is 7.99. The van der Waals surface area contributed by atoms with Crippen LogP contribution < -0.4 is 5.73 Å². The van der Waals surface area contributed by atoms with Gasteiger partial charge < -0.3 is 10.5 Å². The van der Waals surface area contributed by atoms with Crippen molar-refractivity contribution < 1.29 is 14.3 Å². The van der Waals surface area contributed by atoms with Crippen LogP contribution in [0, 0.1) is 11.3 Å². The van der Waals surface area contributed by atoms with Gasteiger partial charge in [0.15, 0.2) is 0 Å². The number of nitrogens with two attached hydrogens (primary N) is 1. The lowest BCUT2D eigenvalue weighted by atomic mass is 9.92. The largest absolute Gasteiger partial charge is 0.463 e. The first kappa shape index (κ1) is 20.0. The number of hydrogen-bond donors (Lipinski definition) is 1. The van der Waals surface area contributed by atoms with Gasteiger partial charge in [0.1, 0.15) is 11.6 Å². The second-order valence-electron chi connectivity index (χ2n) is 5.28. The molecule has 5 nitrogen and oxygen atoms in total. The standard InChI is InChI=1S/C16H10N2OS.C5H8O2/c17-9-12(16(18)19)15-10-5-1-3-7-13(10)20-14-8-4-2-6-11(14)15;1-3-5(6)7-4-2/h1-8H,(H2,18,19);3H,1,4H2,2H3. The van der Waals surface area contributed by atoms with Crippen molar-refractivity contribution in [3.63, 3.8) is 0 Å². The number of hydrogen-bond acceptors (Lipinski definition) is 5. The molecule has 2 aromatic carbocycles. The smallest absolute Gasteiger partial charge is 0.330 e. The van der Waals surface area contributed by atoms with E-state index in [0.29, 0.717) is 12.2 Å². The summed E-state index contributed by atoms with van der Waals surface area (Å²) in [6, 6.07) is 17.4. The van der Waals surface area contributed by atoms with Crippen LogP contribution in [0.4, 0.5) is 0 Å². The number of amides is 1. The van der Waals surface area contributed by atoms with Crippen molar-refractivity contribution in [3.05, 3.63) is 77.9 Å². The molecule has 0 unspecified atom stereocenters. The van der Waals surface area contributed by atoms with Crippen LogP contribution in [0.2, 0.25) is 0 Å². The Labute approximate surface area is 162 Å². The molecule has 0 saturated heterocycles. The summed E-state index contributed by atoms with van der Waals surface area (Å²) < 4.78 is 4.43. The summed E-state index contributed by atoms with van der Waals surface area (Å²) in [5.74, 6) is -1.05. The zero-order valence-corrected chi connectivity index (χ0v) is 15.6. The van der Waals surface area contributed by atoms with Gasteiger partial charge in [-0.15, -0.1) is 0 Å². The van der Waals surface area contributed by atoms with Crippen LogP contribution in [0.1, 0.15) is 18.1 Å². The van der Waals surface area contributed by atoms with Gasteiger partial charge in [-0.1, -0.05) is 54.7 Å². The number of fused-ring (bicyclic) bond motifs is 2. The van der Waals surface area contributed by atoms with Gasteiger partial charge in [-0.2, -0.15) is 5.26 Å². The predicted molar refractivity (Wildman–Crippen MR) is 105 cm³/mol. The van der Waals surface area contributed by atoms with Crippen LogP contribution in [-0.4, -0.2) is 18.5 Å².